The summed E-state index contributed by atoms with van der Waals surface area (Å²) in [5.41, 5.74) is 12.5. The van der Waals surface area contributed by atoms with Crippen LogP contribution in [-0.4, -0.2) is 37.0 Å². The number of ether oxygens (including phenoxy) is 1. The summed E-state index contributed by atoms with van der Waals surface area (Å²) < 4.78 is 17.2. The zero-order valence-electron chi connectivity index (χ0n) is 13.8. The molecule has 1 fully saturated rings. The number of anilines is 1. The standard InChI is InChI=1S/C15H24BN3O3/c1-14(2)15(3,4)22-16(21-14)11(8-17)6-10-7-12(20-5)13(18)19-9-10/h6-7,9H,8,17H2,1-5H3,(H2,18,19). The van der Waals surface area contributed by atoms with Crippen molar-refractivity contribution in [3.8, 4) is 5.75 Å². The van der Waals surface area contributed by atoms with Gasteiger partial charge < -0.3 is 25.5 Å². The molecule has 2 rings (SSSR count). The Morgan fingerprint density at radius 3 is 2.41 bits per heavy atom. The van der Waals surface area contributed by atoms with Crippen molar-refractivity contribution in [1.29, 1.82) is 0 Å². The molecule has 0 radical (unpaired) electrons. The molecule has 1 aromatic rings. The summed E-state index contributed by atoms with van der Waals surface area (Å²) in [6.45, 7) is 8.36. The second-order valence-electron chi connectivity index (χ2n) is 6.37. The molecule has 1 saturated heterocycles. The number of hydrogen-bond acceptors (Lipinski definition) is 6. The van der Waals surface area contributed by atoms with E-state index in [1.165, 1.54) is 0 Å². The molecule has 1 aromatic heterocycles. The highest BCUT2D eigenvalue weighted by Crippen LogP contribution is 2.38. The van der Waals surface area contributed by atoms with Gasteiger partial charge in [0.25, 0.3) is 0 Å². The molecule has 7 heteroatoms. The lowest BCUT2D eigenvalue weighted by Crippen LogP contribution is -2.41. The summed E-state index contributed by atoms with van der Waals surface area (Å²) in [4.78, 5) is 4.11. The molecule has 0 unspecified atom stereocenters. The molecule has 0 spiro atoms. The Hall–Kier alpha value is -1.57. The number of nitrogens with zero attached hydrogens (tertiary/aromatic N) is 1. The molecule has 4 N–H and O–H groups in total. The van der Waals surface area contributed by atoms with E-state index in [9.17, 15) is 0 Å². The minimum absolute atomic E-state index is 0.323. The van der Waals surface area contributed by atoms with Crippen LogP contribution >= 0.6 is 0 Å². The van der Waals surface area contributed by atoms with Gasteiger partial charge in [-0.25, -0.2) is 4.98 Å². The summed E-state index contributed by atoms with van der Waals surface area (Å²) in [5.74, 6) is 0.878. The van der Waals surface area contributed by atoms with Crippen LogP contribution in [0.1, 0.15) is 33.3 Å². The van der Waals surface area contributed by atoms with E-state index in [0.29, 0.717) is 18.1 Å². The minimum atomic E-state index is -0.474. The van der Waals surface area contributed by atoms with Crippen molar-refractivity contribution in [1.82, 2.24) is 4.98 Å². The van der Waals surface area contributed by atoms with Crippen molar-refractivity contribution in [3.63, 3.8) is 0 Å². The van der Waals surface area contributed by atoms with E-state index in [4.69, 9.17) is 25.5 Å². The van der Waals surface area contributed by atoms with Crippen molar-refractivity contribution in [2.24, 2.45) is 5.73 Å². The van der Waals surface area contributed by atoms with E-state index in [0.717, 1.165) is 11.0 Å². The Bertz CT molecular complexity index is 571. The molecule has 2 heterocycles. The van der Waals surface area contributed by atoms with E-state index in [1.54, 1.807) is 13.3 Å². The van der Waals surface area contributed by atoms with Crippen molar-refractivity contribution in [3.05, 3.63) is 23.3 Å². The maximum atomic E-state index is 6.02. The van der Waals surface area contributed by atoms with E-state index >= 15 is 0 Å². The van der Waals surface area contributed by atoms with Crippen LogP contribution in [0.15, 0.2) is 17.7 Å². The monoisotopic (exact) mass is 305 g/mol. The third-order valence-electron chi connectivity index (χ3n) is 4.27. The molecule has 0 atom stereocenters. The number of rotatable bonds is 4. The van der Waals surface area contributed by atoms with Crippen LogP contribution in [0.2, 0.25) is 0 Å². The number of aromatic nitrogens is 1. The number of nitrogen functional groups attached to an aromatic ring is 1. The highest BCUT2D eigenvalue weighted by Gasteiger charge is 2.52. The lowest BCUT2D eigenvalue weighted by Gasteiger charge is -2.32. The maximum Gasteiger partial charge on any atom is 0.491 e. The van der Waals surface area contributed by atoms with Crippen LogP contribution in [0.4, 0.5) is 5.82 Å². The lowest BCUT2D eigenvalue weighted by molar-refractivity contribution is 0.00578. The van der Waals surface area contributed by atoms with E-state index in [-0.39, 0.29) is 0 Å². The molecule has 22 heavy (non-hydrogen) atoms. The molecule has 0 amide bonds. The highest BCUT2D eigenvalue weighted by molar-refractivity contribution is 6.55. The van der Waals surface area contributed by atoms with Gasteiger partial charge >= 0.3 is 7.12 Å². The predicted octanol–water partition coefficient (Wildman–Crippen LogP) is 1.65. The molecule has 6 nitrogen and oxygen atoms in total. The second-order valence-corrected chi connectivity index (χ2v) is 6.37. The van der Waals surface area contributed by atoms with Gasteiger partial charge in [0.05, 0.1) is 18.3 Å². The Morgan fingerprint density at radius 1 is 1.32 bits per heavy atom. The summed E-state index contributed by atoms with van der Waals surface area (Å²) in [7, 11) is 1.08. The number of hydrogen-bond donors (Lipinski definition) is 2. The Morgan fingerprint density at radius 2 is 1.91 bits per heavy atom. The van der Waals surface area contributed by atoms with Gasteiger partial charge in [0.1, 0.15) is 0 Å². The molecular formula is C15H24BN3O3. The van der Waals surface area contributed by atoms with E-state index in [2.05, 4.69) is 4.98 Å². The van der Waals surface area contributed by atoms with Crippen molar-refractivity contribution in [2.75, 3.05) is 19.4 Å². The first kappa shape index (κ1) is 16.8. The largest absolute Gasteiger partial charge is 0.493 e. The summed E-state index contributed by atoms with van der Waals surface area (Å²) in [6, 6.07) is 1.81. The SMILES string of the molecule is COc1cc(C=C(CN)B2OC(C)(C)C(C)(C)O2)cnc1N. The van der Waals surface area contributed by atoms with Crippen LogP contribution in [-0.2, 0) is 9.31 Å². The van der Waals surface area contributed by atoms with Gasteiger partial charge in [-0.15, -0.1) is 0 Å². The molecule has 0 saturated carbocycles. The Kier molecular flexibility index (Phi) is 4.51. The Balaban J connectivity index is 2.29. The summed E-state index contributed by atoms with van der Waals surface area (Å²) in [6.07, 6.45) is 3.57. The zero-order chi connectivity index (χ0) is 16.5. The number of methoxy groups -OCH3 is 1. The lowest BCUT2D eigenvalue weighted by atomic mass is 9.77. The first-order valence-corrected chi connectivity index (χ1v) is 7.26. The fourth-order valence-corrected chi connectivity index (χ4v) is 2.14. The number of pyridine rings is 1. The van der Waals surface area contributed by atoms with Crippen LogP contribution in [0.3, 0.4) is 0 Å². The third-order valence-corrected chi connectivity index (χ3v) is 4.27. The second kappa shape index (κ2) is 5.91. The van der Waals surface area contributed by atoms with Gasteiger partial charge in [-0.2, -0.15) is 0 Å². The third kappa shape index (κ3) is 3.11. The van der Waals surface area contributed by atoms with E-state index in [1.807, 2.05) is 39.8 Å². The van der Waals surface area contributed by atoms with Crippen molar-refractivity contribution in [2.45, 2.75) is 38.9 Å². The van der Waals surface area contributed by atoms with Gasteiger partial charge in [0.15, 0.2) is 11.6 Å². The quantitative estimate of drug-likeness (QED) is 0.822. The first-order valence-electron chi connectivity index (χ1n) is 7.26. The van der Waals surface area contributed by atoms with Crippen LogP contribution in [0.25, 0.3) is 6.08 Å². The normalized spacial score (nSPS) is 20.3. The fourth-order valence-electron chi connectivity index (χ4n) is 2.14. The van der Waals surface area contributed by atoms with Crippen molar-refractivity contribution < 1.29 is 14.0 Å². The van der Waals surface area contributed by atoms with Gasteiger partial charge in [-0.1, -0.05) is 6.08 Å². The summed E-state index contributed by atoms with van der Waals surface area (Å²) in [5, 5.41) is 0. The smallest absolute Gasteiger partial charge is 0.491 e. The zero-order valence-corrected chi connectivity index (χ0v) is 13.8. The fraction of sp³-hybridized carbons (Fsp3) is 0.533. The Labute approximate surface area is 132 Å². The van der Waals surface area contributed by atoms with E-state index < -0.39 is 18.3 Å². The topological polar surface area (TPSA) is 92.6 Å². The van der Waals surface area contributed by atoms with Crippen LogP contribution in [0, 0.1) is 0 Å². The van der Waals surface area contributed by atoms with Crippen LogP contribution < -0.4 is 16.2 Å². The highest BCUT2D eigenvalue weighted by atomic mass is 16.7. The molecular weight excluding hydrogens is 281 g/mol. The van der Waals surface area contributed by atoms with Gasteiger partial charge in [0, 0.05) is 12.7 Å². The number of nitrogens with two attached hydrogens (primary N) is 2. The van der Waals surface area contributed by atoms with Crippen molar-refractivity contribution >= 4 is 19.0 Å². The maximum absolute atomic E-state index is 6.02. The molecule has 0 aromatic carbocycles. The van der Waals surface area contributed by atoms with Crippen LogP contribution in [0.5, 0.6) is 5.75 Å². The van der Waals surface area contributed by atoms with Gasteiger partial charge in [-0.3, -0.25) is 0 Å². The van der Waals surface area contributed by atoms with Gasteiger partial charge in [-0.05, 0) is 44.8 Å². The average Bonchev–Trinajstić information content (AvgIpc) is 2.66. The molecule has 0 bridgehead atoms. The van der Waals surface area contributed by atoms with Gasteiger partial charge in [0.2, 0.25) is 0 Å². The minimum Gasteiger partial charge on any atom is -0.493 e. The molecule has 0 aliphatic carbocycles. The molecule has 1 aliphatic heterocycles. The molecule has 1 aliphatic rings. The molecule has 120 valence electrons. The first-order chi connectivity index (χ1) is 10.2. The average molecular weight is 305 g/mol. The predicted molar refractivity (Wildman–Crippen MR) is 88.3 cm³/mol. The summed E-state index contributed by atoms with van der Waals surface area (Å²) >= 11 is 0.